The summed E-state index contributed by atoms with van der Waals surface area (Å²) in [4.78, 5) is 65.2. The van der Waals surface area contributed by atoms with Gasteiger partial charge in [0, 0.05) is 30.8 Å². The molecule has 0 aliphatic carbocycles. The lowest BCUT2D eigenvalue weighted by atomic mass is 10.1. The van der Waals surface area contributed by atoms with E-state index in [9.17, 15) is 29.1 Å². The Hall–Kier alpha value is -4.62. The summed E-state index contributed by atoms with van der Waals surface area (Å²) in [5.41, 5.74) is 6.09. The van der Waals surface area contributed by atoms with Crippen LogP contribution >= 0.6 is 0 Å². The third-order valence-electron chi connectivity index (χ3n) is 5.09. The van der Waals surface area contributed by atoms with Crippen molar-refractivity contribution < 1.29 is 29.4 Å². The number of benzene rings is 1. The molecule has 2 atom stereocenters. The Kier molecular flexibility index (Phi) is 7.30. The van der Waals surface area contributed by atoms with Gasteiger partial charge < -0.3 is 31.9 Å². The lowest BCUT2D eigenvalue weighted by molar-refractivity contribution is -0.146. The van der Waals surface area contributed by atoms with Crippen LogP contribution in [0.25, 0.3) is 0 Å². The van der Waals surface area contributed by atoms with Crippen LogP contribution in [0.2, 0.25) is 0 Å². The van der Waals surface area contributed by atoms with E-state index in [1.807, 2.05) is 0 Å². The number of fused-ring (bicyclic) bond motifs is 1. The molecule has 14 heteroatoms. The Labute approximate surface area is 192 Å². The van der Waals surface area contributed by atoms with Crippen molar-refractivity contribution in [3.05, 3.63) is 40.2 Å². The molecule has 2 heterocycles. The first-order chi connectivity index (χ1) is 16.2. The van der Waals surface area contributed by atoms with Crippen LogP contribution < -0.4 is 27.2 Å². The predicted molar refractivity (Wildman–Crippen MR) is 121 cm³/mol. The highest BCUT2D eigenvalue weighted by Crippen LogP contribution is 2.20. The number of hydrogen-bond acceptors (Lipinski definition) is 10. The van der Waals surface area contributed by atoms with Gasteiger partial charge in [-0.3, -0.25) is 29.1 Å². The van der Waals surface area contributed by atoms with Gasteiger partial charge in [0.2, 0.25) is 12.4 Å². The number of aromatic nitrogens is 2. The third-order valence-corrected chi connectivity index (χ3v) is 5.09. The van der Waals surface area contributed by atoms with Crippen LogP contribution in [-0.2, 0) is 14.4 Å². The molecule has 1 aromatic carbocycles. The van der Waals surface area contributed by atoms with Gasteiger partial charge in [-0.05, 0) is 30.7 Å². The molecule has 14 nitrogen and oxygen atoms in total. The van der Waals surface area contributed by atoms with Crippen molar-refractivity contribution in [1.82, 2.24) is 14.9 Å². The zero-order chi connectivity index (χ0) is 24.8. The molecule has 0 saturated heterocycles. The number of carbonyl (C=O) groups excluding carboxylic acids is 2. The Morgan fingerprint density at radius 2 is 1.97 bits per heavy atom. The first kappa shape index (κ1) is 24.0. The molecule has 1 aromatic heterocycles. The van der Waals surface area contributed by atoms with Crippen LogP contribution in [0.4, 0.5) is 23.1 Å². The van der Waals surface area contributed by atoms with Gasteiger partial charge in [-0.1, -0.05) is 0 Å². The first-order valence-electron chi connectivity index (χ1n) is 10.2. The second-order valence-corrected chi connectivity index (χ2v) is 7.46. The molecule has 2 aromatic rings. The number of hydrogen-bond donors (Lipinski definition) is 7. The molecule has 2 amide bonds. The van der Waals surface area contributed by atoms with Gasteiger partial charge >= 0.3 is 11.9 Å². The highest BCUT2D eigenvalue weighted by atomic mass is 16.4. The van der Waals surface area contributed by atoms with E-state index >= 15 is 0 Å². The SMILES string of the molecule is Nc1nc2c(c(=O)[nH]1)NC(CNc1ccc(C(=O)N(C=O)C(CCC(=O)O)C(=O)O)cc1)CN2. The molecule has 34 heavy (non-hydrogen) atoms. The number of carboxylic acids is 2. The Balaban J connectivity index is 1.62. The molecular formula is C20H23N7O7. The Morgan fingerprint density at radius 3 is 2.59 bits per heavy atom. The van der Waals surface area contributed by atoms with E-state index in [0.717, 1.165) is 0 Å². The first-order valence-corrected chi connectivity index (χ1v) is 10.2. The van der Waals surface area contributed by atoms with E-state index < -0.39 is 42.3 Å². The molecule has 8 N–H and O–H groups in total. The van der Waals surface area contributed by atoms with E-state index in [1.165, 1.54) is 12.1 Å². The van der Waals surface area contributed by atoms with E-state index in [1.54, 1.807) is 12.1 Å². The lowest BCUT2D eigenvalue weighted by Crippen LogP contribution is -2.44. The maximum absolute atomic E-state index is 12.7. The van der Waals surface area contributed by atoms with Crippen LogP contribution in [-0.4, -0.2) is 74.5 Å². The van der Waals surface area contributed by atoms with E-state index in [-0.39, 0.29) is 29.7 Å². The average Bonchev–Trinajstić information content (AvgIpc) is 2.80. The molecule has 0 bridgehead atoms. The van der Waals surface area contributed by atoms with Crippen molar-refractivity contribution in [1.29, 1.82) is 0 Å². The van der Waals surface area contributed by atoms with Crippen molar-refractivity contribution in [3.63, 3.8) is 0 Å². The maximum Gasteiger partial charge on any atom is 0.326 e. The number of H-pyrrole nitrogens is 1. The average molecular weight is 473 g/mol. The molecule has 0 saturated carbocycles. The van der Waals surface area contributed by atoms with Crippen LogP contribution in [0.15, 0.2) is 29.1 Å². The number of nitrogen functional groups attached to an aromatic ring is 1. The van der Waals surface area contributed by atoms with E-state index in [2.05, 4.69) is 25.9 Å². The van der Waals surface area contributed by atoms with Crippen molar-refractivity contribution in [2.24, 2.45) is 0 Å². The van der Waals surface area contributed by atoms with Crippen LogP contribution in [0.3, 0.4) is 0 Å². The number of carboxylic acid groups (broad SMARTS) is 2. The van der Waals surface area contributed by atoms with Gasteiger partial charge in [0.05, 0.1) is 6.04 Å². The van der Waals surface area contributed by atoms with Gasteiger partial charge in [0.15, 0.2) is 5.82 Å². The number of carbonyl (C=O) groups is 4. The molecule has 1 aliphatic heterocycles. The third kappa shape index (κ3) is 5.59. The summed E-state index contributed by atoms with van der Waals surface area (Å²) in [6.07, 6.45) is -0.842. The summed E-state index contributed by atoms with van der Waals surface area (Å²) in [5, 5.41) is 27.3. The number of imide groups is 1. The molecule has 2 unspecified atom stereocenters. The number of nitrogens with one attached hydrogen (secondary N) is 4. The zero-order valence-electron chi connectivity index (χ0n) is 17.8. The predicted octanol–water partition coefficient (Wildman–Crippen LogP) is -0.413. The van der Waals surface area contributed by atoms with Crippen LogP contribution in [0, 0.1) is 0 Å². The van der Waals surface area contributed by atoms with Gasteiger partial charge in [0.1, 0.15) is 11.7 Å². The van der Waals surface area contributed by atoms with Gasteiger partial charge in [-0.25, -0.2) is 4.79 Å². The minimum atomic E-state index is -1.60. The number of aliphatic carboxylic acids is 2. The highest BCUT2D eigenvalue weighted by molar-refractivity contribution is 6.02. The van der Waals surface area contributed by atoms with E-state index in [0.29, 0.717) is 29.5 Å². The Bertz CT molecular complexity index is 1150. The normalized spacial score (nSPS) is 15.1. The molecule has 0 radical (unpaired) electrons. The minimum absolute atomic E-state index is 0.00830. The van der Waals surface area contributed by atoms with Crippen molar-refractivity contribution in [3.8, 4) is 0 Å². The summed E-state index contributed by atoms with van der Waals surface area (Å²) in [6, 6.07) is 4.20. The van der Waals surface area contributed by atoms with Crippen LogP contribution in [0.5, 0.6) is 0 Å². The summed E-state index contributed by atoms with van der Waals surface area (Å²) < 4.78 is 0. The number of amides is 2. The number of nitrogens with zero attached hydrogens (tertiary/aromatic N) is 2. The summed E-state index contributed by atoms with van der Waals surface area (Å²) >= 11 is 0. The molecular weight excluding hydrogens is 450 g/mol. The van der Waals surface area contributed by atoms with Gasteiger partial charge in [-0.2, -0.15) is 4.98 Å². The highest BCUT2D eigenvalue weighted by Gasteiger charge is 2.30. The molecule has 0 fully saturated rings. The molecule has 1 aliphatic rings. The fourth-order valence-corrected chi connectivity index (χ4v) is 3.38. The standard InChI is InChI=1S/C20H23N7O7/c21-20-25-16-15(17(31)26-20)24-12(8-23-16)7-22-11-3-1-10(2-4-11)18(32)27(9-28)13(19(33)34)5-6-14(29)30/h1-4,9,12-13,22,24H,5-8H2,(H,29,30)(H,33,34)(H4,21,23,25,26,31). The second-order valence-electron chi connectivity index (χ2n) is 7.46. The fourth-order valence-electron chi connectivity index (χ4n) is 3.38. The fraction of sp³-hybridized carbons (Fsp3) is 0.300. The Morgan fingerprint density at radius 1 is 1.26 bits per heavy atom. The van der Waals surface area contributed by atoms with Crippen molar-refractivity contribution in [2.75, 3.05) is 34.8 Å². The monoisotopic (exact) mass is 473 g/mol. The molecule has 3 rings (SSSR count). The van der Waals surface area contributed by atoms with Gasteiger partial charge in [0.25, 0.3) is 11.5 Å². The smallest absolute Gasteiger partial charge is 0.326 e. The van der Waals surface area contributed by atoms with Crippen LogP contribution in [0.1, 0.15) is 23.2 Å². The number of aromatic amines is 1. The minimum Gasteiger partial charge on any atom is -0.481 e. The van der Waals surface area contributed by atoms with Crippen molar-refractivity contribution in [2.45, 2.75) is 24.9 Å². The number of anilines is 4. The summed E-state index contributed by atoms with van der Waals surface area (Å²) in [5.74, 6) is -3.21. The summed E-state index contributed by atoms with van der Waals surface area (Å²) in [7, 11) is 0. The lowest BCUT2D eigenvalue weighted by Gasteiger charge is -2.27. The van der Waals surface area contributed by atoms with Gasteiger partial charge in [-0.15, -0.1) is 0 Å². The second kappa shape index (κ2) is 10.3. The molecule has 0 spiro atoms. The number of rotatable bonds is 10. The quantitative estimate of drug-likeness (QED) is 0.219. The summed E-state index contributed by atoms with van der Waals surface area (Å²) in [6.45, 7) is 0.869. The van der Waals surface area contributed by atoms with E-state index in [4.69, 9.17) is 10.8 Å². The zero-order valence-corrected chi connectivity index (χ0v) is 17.8. The maximum atomic E-state index is 12.7. The largest absolute Gasteiger partial charge is 0.481 e. The topological polar surface area (TPSA) is 220 Å². The molecule has 180 valence electrons. The number of nitrogens with two attached hydrogens (primary N) is 1. The van der Waals surface area contributed by atoms with Crippen molar-refractivity contribution >= 4 is 47.4 Å².